The molecule has 0 atom stereocenters. The van der Waals surface area contributed by atoms with E-state index in [1.165, 1.54) is 11.3 Å². The van der Waals surface area contributed by atoms with Gasteiger partial charge in [0.25, 0.3) is 0 Å². The number of hydrogen-bond acceptors (Lipinski definition) is 5. The minimum Gasteiger partial charge on any atom is -0.389 e. The predicted molar refractivity (Wildman–Crippen MR) is 87.0 cm³/mol. The second-order valence-corrected chi connectivity index (χ2v) is 5.98. The molecule has 0 saturated heterocycles. The van der Waals surface area contributed by atoms with E-state index in [2.05, 4.69) is 4.98 Å². The van der Waals surface area contributed by atoms with Gasteiger partial charge in [0.05, 0.1) is 0 Å². The maximum atomic E-state index is 6.13. The normalized spacial score (nSPS) is 10.7. The van der Waals surface area contributed by atoms with E-state index in [9.17, 15) is 0 Å². The minimum atomic E-state index is 0.738. The summed E-state index contributed by atoms with van der Waals surface area (Å²) in [6.07, 6.45) is 3.81. The Morgan fingerprint density at radius 3 is 2.65 bits per heavy atom. The van der Waals surface area contributed by atoms with Gasteiger partial charge >= 0.3 is 0 Å². The standard InChI is InChI=1S/C15H13N3S2/c1-19-14-11(8-5-9-17-14)15-18-12(13(16)20-15)10-6-3-2-4-7-10/h2-9H,16H2,1H3. The van der Waals surface area contributed by atoms with Crippen molar-refractivity contribution in [2.45, 2.75) is 5.03 Å². The number of pyridine rings is 1. The fourth-order valence-corrected chi connectivity index (χ4v) is 3.46. The first-order valence-electron chi connectivity index (χ1n) is 6.10. The Kier molecular flexibility index (Phi) is 3.71. The summed E-state index contributed by atoms with van der Waals surface area (Å²) in [6.45, 7) is 0. The molecule has 3 aromatic rings. The summed E-state index contributed by atoms with van der Waals surface area (Å²) in [5.41, 5.74) is 9.06. The van der Waals surface area contributed by atoms with Crippen molar-refractivity contribution in [1.82, 2.24) is 9.97 Å². The Hall–Kier alpha value is -1.85. The second kappa shape index (κ2) is 5.64. The number of thioether (sulfide) groups is 1. The maximum absolute atomic E-state index is 6.13. The van der Waals surface area contributed by atoms with Gasteiger partial charge in [-0.1, -0.05) is 41.7 Å². The van der Waals surface area contributed by atoms with E-state index >= 15 is 0 Å². The number of nitrogens with zero attached hydrogens (tertiary/aromatic N) is 2. The number of anilines is 1. The van der Waals surface area contributed by atoms with E-state index in [4.69, 9.17) is 10.7 Å². The van der Waals surface area contributed by atoms with Crippen LogP contribution in [-0.4, -0.2) is 16.2 Å². The largest absolute Gasteiger partial charge is 0.389 e. The molecule has 2 heterocycles. The predicted octanol–water partition coefficient (Wildman–Crippen LogP) is 4.18. The molecule has 100 valence electrons. The molecule has 20 heavy (non-hydrogen) atoms. The molecule has 0 saturated carbocycles. The first-order chi connectivity index (χ1) is 9.79. The molecule has 5 heteroatoms. The lowest BCUT2D eigenvalue weighted by Crippen LogP contribution is -1.86. The van der Waals surface area contributed by atoms with Crippen LogP contribution in [0.5, 0.6) is 0 Å². The van der Waals surface area contributed by atoms with E-state index in [1.807, 2.05) is 48.7 Å². The molecule has 0 radical (unpaired) electrons. The zero-order valence-corrected chi connectivity index (χ0v) is 12.5. The first kappa shape index (κ1) is 13.1. The van der Waals surface area contributed by atoms with E-state index in [1.54, 1.807) is 18.0 Å². The number of benzene rings is 1. The Morgan fingerprint density at radius 1 is 1.10 bits per heavy atom. The Balaban J connectivity index is 2.09. The second-order valence-electron chi connectivity index (χ2n) is 4.16. The van der Waals surface area contributed by atoms with Crippen LogP contribution in [0.4, 0.5) is 5.00 Å². The SMILES string of the molecule is CSc1ncccc1-c1nc(-c2ccccc2)c(N)s1. The quantitative estimate of drug-likeness (QED) is 0.737. The van der Waals surface area contributed by atoms with Crippen molar-refractivity contribution >= 4 is 28.1 Å². The Morgan fingerprint density at radius 2 is 1.90 bits per heavy atom. The van der Waals surface area contributed by atoms with Crippen LogP contribution >= 0.6 is 23.1 Å². The third-order valence-corrected chi connectivity index (χ3v) is 4.53. The van der Waals surface area contributed by atoms with Gasteiger partial charge in [0.1, 0.15) is 20.7 Å². The zero-order valence-electron chi connectivity index (χ0n) is 10.9. The number of thiazole rings is 1. The molecule has 0 amide bonds. The third kappa shape index (κ3) is 2.42. The van der Waals surface area contributed by atoms with Crippen molar-refractivity contribution in [3.8, 4) is 21.8 Å². The van der Waals surface area contributed by atoms with Crippen LogP contribution in [0.1, 0.15) is 0 Å². The average molecular weight is 299 g/mol. The summed E-state index contributed by atoms with van der Waals surface area (Å²) in [5, 5.41) is 2.63. The van der Waals surface area contributed by atoms with Crippen LogP contribution in [0.2, 0.25) is 0 Å². The Labute approximate surface area is 125 Å². The summed E-state index contributed by atoms with van der Waals surface area (Å²) >= 11 is 3.12. The van der Waals surface area contributed by atoms with Crippen molar-refractivity contribution in [2.75, 3.05) is 12.0 Å². The van der Waals surface area contributed by atoms with Crippen LogP contribution in [0.3, 0.4) is 0 Å². The maximum Gasteiger partial charge on any atom is 0.128 e. The summed E-state index contributed by atoms with van der Waals surface area (Å²) in [5.74, 6) is 0. The number of nitrogen functional groups attached to an aromatic ring is 1. The van der Waals surface area contributed by atoms with Gasteiger partial charge in [-0.3, -0.25) is 0 Å². The van der Waals surface area contributed by atoms with Crippen LogP contribution in [0.15, 0.2) is 53.7 Å². The molecule has 3 rings (SSSR count). The monoisotopic (exact) mass is 299 g/mol. The van der Waals surface area contributed by atoms with Crippen molar-refractivity contribution in [2.24, 2.45) is 0 Å². The molecule has 0 unspecified atom stereocenters. The molecule has 2 N–H and O–H groups in total. The molecule has 0 aliphatic carbocycles. The topological polar surface area (TPSA) is 51.8 Å². The van der Waals surface area contributed by atoms with Gasteiger partial charge in [0.15, 0.2) is 0 Å². The Bertz CT molecular complexity index is 723. The van der Waals surface area contributed by atoms with Crippen molar-refractivity contribution in [3.05, 3.63) is 48.7 Å². The summed E-state index contributed by atoms with van der Waals surface area (Å²) < 4.78 is 0. The van der Waals surface area contributed by atoms with Crippen LogP contribution in [0.25, 0.3) is 21.8 Å². The summed E-state index contributed by atoms with van der Waals surface area (Å²) in [4.78, 5) is 9.07. The lowest BCUT2D eigenvalue weighted by molar-refractivity contribution is 1.14. The van der Waals surface area contributed by atoms with Gasteiger partial charge in [-0.25, -0.2) is 9.97 Å². The smallest absolute Gasteiger partial charge is 0.128 e. The summed E-state index contributed by atoms with van der Waals surface area (Å²) in [6, 6.07) is 14.0. The molecule has 0 aliphatic heterocycles. The van der Waals surface area contributed by atoms with Gasteiger partial charge in [0, 0.05) is 17.3 Å². The van der Waals surface area contributed by atoms with Gasteiger partial charge in [-0.2, -0.15) is 0 Å². The fraction of sp³-hybridized carbons (Fsp3) is 0.0667. The lowest BCUT2D eigenvalue weighted by atomic mass is 10.2. The lowest BCUT2D eigenvalue weighted by Gasteiger charge is -2.01. The number of aromatic nitrogens is 2. The molecule has 3 nitrogen and oxygen atoms in total. The zero-order chi connectivity index (χ0) is 13.9. The van der Waals surface area contributed by atoms with Gasteiger partial charge in [0.2, 0.25) is 0 Å². The molecular weight excluding hydrogens is 286 g/mol. The highest BCUT2D eigenvalue weighted by Gasteiger charge is 2.14. The van der Waals surface area contributed by atoms with E-state index in [0.717, 1.165) is 31.9 Å². The molecule has 2 aromatic heterocycles. The third-order valence-electron chi connectivity index (χ3n) is 2.90. The number of nitrogens with two attached hydrogens (primary N) is 1. The molecule has 0 bridgehead atoms. The fourth-order valence-electron chi connectivity index (χ4n) is 1.97. The molecule has 0 aliphatic rings. The van der Waals surface area contributed by atoms with E-state index in [0.29, 0.717) is 0 Å². The van der Waals surface area contributed by atoms with Gasteiger partial charge in [-0.05, 0) is 18.4 Å². The highest BCUT2D eigenvalue weighted by molar-refractivity contribution is 7.98. The van der Waals surface area contributed by atoms with Crippen molar-refractivity contribution in [3.63, 3.8) is 0 Å². The first-order valence-corrected chi connectivity index (χ1v) is 8.15. The van der Waals surface area contributed by atoms with E-state index < -0.39 is 0 Å². The molecule has 1 aromatic carbocycles. The van der Waals surface area contributed by atoms with E-state index in [-0.39, 0.29) is 0 Å². The van der Waals surface area contributed by atoms with Crippen LogP contribution < -0.4 is 5.73 Å². The average Bonchev–Trinajstić information content (AvgIpc) is 2.90. The van der Waals surface area contributed by atoms with Gasteiger partial charge < -0.3 is 5.73 Å². The summed E-state index contributed by atoms with van der Waals surface area (Å²) in [7, 11) is 0. The van der Waals surface area contributed by atoms with Crippen molar-refractivity contribution in [1.29, 1.82) is 0 Å². The molecule has 0 spiro atoms. The minimum absolute atomic E-state index is 0.738. The van der Waals surface area contributed by atoms with Gasteiger partial charge in [-0.15, -0.1) is 11.8 Å². The number of hydrogen-bond donors (Lipinski definition) is 1. The van der Waals surface area contributed by atoms with Crippen molar-refractivity contribution < 1.29 is 0 Å². The van der Waals surface area contributed by atoms with Crippen LogP contribution in [0, 0.1) is 0 Å². The molecular formula is C15H13N3S2. The highest BCUT2D eigenvalue weighted by atomic mass is 32.2. The molecule has 0 fully saturated rings. The number of rotatable bonds is 3. The van der Waals surface area contributed by atoms with Crippen LogP contribution in [-0.2, 0) is 0 Å². The highest BCUT2D eigenvalue weighted by Crippen LogP contribution is 2.38.